The molecule has 1 aliphatic rings. The molecule has 5 rings (SSSR count). The maximum absolute atomic E-state index is 12.6. The Morgan fingerprint density at radius 1 is 0.912 bits per heavy atom. The molecule has 5 nitrogen and oxygen atoms in total. The number of hydrogen-bond acceptors (Lipinski definition) is 5. The van der Waals surface area contributed by atoms with Gasteiger partial charge in [-0.2, -0.15) is 0 Å². The van der Waals surface area contributed by atoms with Gasteiger partial charge in [0.25, 0.3) is 0 Å². The van der Waals surface area contributed by atoms with E-state index in [1.165, 1.54) is 34.0 Å². The minimum atomic E-state index is -0.470. The second kappa shape index (κ2) is 9.93. The molecule has 0 atom stereocenters. The highest BCUT2D eigenvalue weighted by atomic mass is 32.2. The third-order valence-electron chi connectivity index (χ3n) is 5.90. The summed E-state index contributed by atoms with van der Waals surface area (Å²) in [6, 6.07) is 25.8. The first-order chi connectivity index (χ1) is 16.7. The van der Waals surface area contributed by atoms with E-state index in [0.29, 0.717) is 12.1 Å². The number of amides is 1. The Morgan fingerprint density at radius 3 is 2.32 bits per heavy atom. The van der Waals surface area contributed by atoms with E-state index in [9.17, 15) is 9.59 Å². The molecule has 0 unspecified atom stereocenters. The molecule has 1 heterocycles. The number of rotatable bonds is 7. The van der Waals surface area contributed by atoms with Gasteiger partial charge in [-0.3, -0.25) is 9.78 Å². The van der Waals surface area contributed by atoms with Gasteiger partial charge < -0.3 is 10.1 Å². The average molecular weight is 467 g/mol. The number of nitrogens with zero attached hydrogens (tertiary/aromatic N) is 1. The number of ether oxygens (including phenoxy) is 1. The predicted molar refractivity (Wildman–Crippen MR) is 132 cm³/mol. The number of alkyl carbamates (subject to hydrolysis) is 1. The van der Waals surface area contributed by atoms with Crippen LogP contribution >= 0.6 is 11.8 Å². The number of carbonyl (C=O) groups excluding carboxylic acids is 2. The summed E-state index contributed by atoms with van der Waals surface area (Å²) in [7, 11) is 0. The monoisotopic (exact) mass is 466 g/mol. The van der Waals surface area contributed by atoms with Crippen molar-refractivity contribution in [2.75, 3.05) is 6.61 Å². The van der Waals surface area contributed by atoms with Crippen LogP contribution in [0.4, 0.5) is 4.79 Å². The Balaban J connectivity index is 1.24. The topological polar surface area (TPSA) is 68.3 Å². The summed E-state index contributed by atoms with van der Waals surface area (Å²) < 4.78 is 5.64. The van der Waals surface area contributed by atoms with E-state index in [4.69, 9.17) is 4.74 Å². The van der Waals surface area contributed by atoms with Crippen molar-refractivity contribution in [2.24, 2.45) is 0 Å². The molecule has 3 aromatic carbocycles. The van der Waals surface area contributed by atoms with Gasteiger partial charge in [0.1, 0.15) is 6.61 Å². The maximum Gasteiger partial charge on any atom is 0.407 e. The second-order valence-corrected chi connectivity index (χ2v) is 9.00. The van der Waals surface area contributed by atoms with E-state index in [-0.39, 0.29) is 12.5 Å². The number of hydrogen-bond donors (Lipinski definition) is 1. The summed E-state index contributed by atoms with van der Waals surface area (Å²) in [6.07, 6.45) is 3.79. The first-order valence-corrected chi connectivity index (χ1v) is 11.8. The Kier molecular flexibility index (Phi) is 6.40. The van der Waals surface area contributed by atoms with E-state index in [0.717, 1.165) is 21.6 Å². The number of aromatic nitrogens is 1. The molecule has 0 radical (unpaired) electrons. The number of carbonyl (C=O) groups is 2. The van der Waals surface area contributed by atoms with Crippen LogP contribution in [0.25, 0.3) is 11.1 Å². The summed E-state index contributed by atoms with van der Waals surface area (Å²) in [5.41, 5.74) is 6.26. The number of nitrogens with one attached hydrogen (secondary N) is 1. The molecule has 4 aromatic rings. The van der Waals surface area contributed by atoms with Crippen LogP contribution in [0.5, 0.6) is 0 Å². The lowest BCUT2D eigenvalue weighted by Gasteiger charge is -2.15. The van der Waals surface area contributed by atoms with Gasteiger partial charge in [0.05, 0.1) is 0 Å². The highest BCUT2D eigenvalue weighted by Gasteiger charge is 2.29. The SMILES string of the molecule is O=Cc1ccccc1Sc1cnccc1CNC(=O)OCC1c2ccccc2-c2ccccc21. The van der Waals surface area contributed by atoms with Crippen LogP contribution in [0, 0.1) is 0 Å². The summed E-state index contributed by atoms with van der Waals surface area (Å²) >= 11 is 1.45. The van der Waals surface area contributed by atoms with Crippen molar-refractivity contribution < 1.29 is 14.3 Å². The molecule has 168 valence electrons. The fourth-order valence-electron chi connectivity index (χ4n) is 4.25. The minimum Gasteiger partial charge on any atom is -0.449 e. The average Bonchev–Trinajstić information content (AvgIpc) is 3.21. The Bertz CT molecular complexity index is 1310. The minimum absolute atomic E-state index is 0.0186. The lowest BCUT2D eigenvalue weighted by atomic mass is 9.98. The van der Waals surface area contributed by atoms with Gasteiger partial charge in [0.15, 0.2) is 6.29 Å². The highest BCUT2D eigenvalue weighted by molar-refractivity contribution is 7.99. The van der Waals surface area contributed by atoms with Crippen LogP contribution in [-0.2, 0) is 11.3 Å². The van der Waals surface area contributed by atoms with E-state index in [2.05, 4.69) is 34.6 Å². The van der Waals surface area contributed by atoms with E-state index >= 15 is 0 Å². The molecular weight excluding hydrogens is 444 g/mol. The van der Waals surface area contributed by atoms with Gasteiger partial charge in [-0.05, 0) is 39.9 Å². The normalized spacial score (nSPS) is 12.0. The second-order valence-electron chi connectivity index (χ2n) is 7.92. The number of benzene rings is 3. The van der Waals surface area contributed by atoms with Crippen molar-refractivity contribution in [3.63, 3.8) is 0 Å². The number of fused-ring (bicyclic) bond motifs is 3. The molecule has 34 heavy (non-hydrogen) atoms. The molecule has 0 saturated heterocycles. The van der Waals surface area contributed by atoms with Gasteiger partial charge in [0, 0.05) is 40.2 Å². The van der Waals surface area contributed by atoms with Crippen LogP contribution in [0.2, 0.25) is 0 Å². The standard InChI is InChI=1S/C28H22N2O3S/c31-17-20-7-1-6-12-26(20)34-27-16-29-14-13-19(27)15-30-28(32)33-18-25-23-10-4-2-8-21(23)22-9-3-5-11-24(22)25/h1-14,16-17,25H,15,18H2,(H,30,32). The zero-order valence-corrected chi connectivity index (χ0v) is 19.1. The molecular formula is C28H22N2O3S. The van der Waals surface area contributed by atoms with Crippen molar-refractivity contribution in [1.29, 1.82) is 0 Å². The van der Waals surface area contributed by atoms with Crippen LogP contribution in [0.15, 0.2) is 101 Å². The first-order valence-electron chi connectivity index (χ1n) is 11.0. The predicted octanol–water partition coefficient (Wildman–Crippen LogP) is 6.08. The van der Waals surface area contributed by atoms with Crippen molar-refractivity contribution in [2.45, 2.75) is 22.3 Å². The van der Waals surface area contributed by atoms with Gasteiger partial charge in [0.2, 0.25) is 0 Å². The van der Waals surface area contributed by atoms with Gasteiger partial charge in [-0.15, -0.1) is 0 Å². The van der Waals surface area contributed by atoms with Crippen LogP contribution in [-0.4, -0.2) is 24.0 Å². The quantitative estimate of drug-likeness (QED) is 0.334. The third-order valence-corrected chi connectivity index (χ3v) is 7.08. The number of pyridine rings is 1. The fraction of sp³-hybridized carbons (Fsp3) is 0.107. The summed E-state index contributed by atoms with van der Waals surface area (Å²) in [5, 5.41) is 2.85. The van der Waals surface area contributed by atoms with Crippen LogP contribution in [0.3, 0.4) is 0 Å². The lowest BCUT2D eigenvalue weighted by molar-refractivity contribution is 0.112. The zero-order chi connectivity index (χ0) is 23.3. The van der Waals surface area contributed by atoms with Crippen molar-refractivity contribution in [1.82, 2.24) is 10.3 Å². The highest BCUT2D eigenvalue weighted by Crippen LogP contribution is 2.44. The van der Waals surface area contributed by atoms with Crippen molar-refractivity contribution in [3.8, 4) is 11.1 Å². The Hall–Kier alpha value is -3.90. The van der Waals surface area contributed by atoms with Gasteiger partial charge in [-0.1, -0.05) is 78.5 Å². The summed E-state index contributed by atoms with van der Waals surface area (Å²) in [4.78, 5) is 29.8. The van der Waals surface area contributed by atoms with Gasteiger partial charge >= 0.3 is 6.09 Å². The molecule has 0 saturated carbocycles. The largest absolute Gasteiger partial charge is 0.449 e. The number of aldehydes is 1. The molecule has 0 bridgehead atoms. The third kappa shape index (κ3) is 4.45. The molecule has 1 amide bonds. The molecule has 0 aliphatic heterocycles. The maximum atomic E-state index is 12.6. The zero-order valence-electron chi connectivity index (χ0n) is 18.3. The van der Waals surface area contributed by atoms with E-state index in [1.807, 2.05) is 48.5 Å². The van der Waals surface area contributed by atoms with Crippen LogP contribution < -0.4 is 5.32 Å². The lowest BCUT2D eigenvalue weighted by Crippen LogP contribution is -2.26. The Morgan fingerprint density at radius 2 is 1.59 bits per heavy atom. The molecule has 1 aromatic heterocycles. The van der Waals surface area contributed by atoms with Crippen molar-refractivity contribution in [3.05, 3.63) is 114 Å². The van der Waals surface area contributed by atoms with Crippen molar-refractivity contribution >= 4 is 24.1 Å². The first kappa shape index (κ1) is 21.9. The Labute approximate surface area is 202 Å². The molecule has 0 spiro atoms. The van der Waals surface area contributed by atoms with E-state index < -0.39 is 6.09 Å². The summed E-state index contributed by atoms with van der Waals surface area (Å²) in [5.74, 6) is 0.0186. The van der Waals surface area contributed by atoms with Crippen LogP contribution in [0.1, 0.15) is 33.0 Å². The molecule has 0 fully saturated rings. The summed E-state index contributed by atoms with van der Waals surface area (Å²) in [6.45, 7) is 0.565. The van der Waals surface area contributed by atoms with Gasteiger partial charge in [-0.25, -0.2) is 4.79 Å². The van der Waals surface area contributed by atoms with E-state index in [1.54, 1.807) is 18.5 Å². The molecule has 6 heteroatoms. The molecule has 1 aliphatic carbocycles. The fourth-order valence-corrected chi connectivity index (χ4v) is 5.26. The smallest absolute Gasteiger partial charge is 0.407 e. The molecule has 1 N–H and O–H groups in total.